The molecule has 1 atom stereocenters. The van der Waals surface area contributed by atoms with Crippen LogP contribution in [0.15, 0.2) is 67.1 Å². The van der Waals surface area contributed by atoms with E-state index < -0.39 is 0 Å². The Bertz CT molecular complexity index is 854. The third-order valence-corrected chi connectivity index (χ3v) is 4.94. The van der Waals surface area contributed by atoms with Crippen LogP contribution in [0.25, 0.3) is 11.1 Å². The fourth-order valence-corrected chi connectivity index (χ4v) is 3.43. The third-order valence-electron chi connectivity index (χ3n) is 4.94. The molecule has 0 aliphatic carbocycles. The molecular formula is C22H23N3O2. The van der Waals surface area contributed by atoms with Crippen LogP contribution < -0.4 is 0 Å². The normalized spacial score (nSPS) is 16.4. The number of H-pyrrole nitrogens is 1. The number of benzene rings is 2. The second kappa shape index (κ2) is 8.18. The molecule has 1 aliphatic heterocycles. The minimum Gasteiger partial charge on any atom is -0.381 e. The first-order valence-corrected chi connectivity index (χ1v) is 9.28. The lowest BCUT2D eigenvalue weighted by molar-refractivity contribution is -0.136. The molecule has 0 saturated carbocycles. The first kappa shape index (κ1) is 17.5. The topological polar surface area (TPSA) is 58.2 Å². The van der Waals surface area contributed by atoms with Gasteiger partial charge in [-0.05, 0) is 23.1 Å². The van der Waals surface area contributed by atoms with Gasteiger partial charge >= 0.3 is 0 Å². The molecule has 0 spiro atoms. The van der Waals surface area contributed by atoms with Crippen LogP contribution in [0, 0.1) is 5.92 Å². The average Bonchev–Trinajstić information content (AvgIpc) is 3.42. The number of carbonyl (C=O) groups is 1. The number of aromatic nitrogens is 2. The smallest absolute Gasteiger partial charge is 0.228 e. The summed E-state index contributed by atoms with van der Waals surface area (Å²) in [5, 5.41) is 0. The zero-order chi connectivity index (χ0) is 18.5. The first-order chi connectivity index (χ1) is 13.3. The molecule has 0 radical (unpaired) electrons. The average molecular weight is 361 g/mol. The van der Waals surface area contributed by atoms with E-state index in [1.165, 1.54) is 11.1 Å². The summed E-state index contributed by atoms with van der Waals surface area (Å²) >= 11 is 0. The van der Waals surface area contributed by atoms with Gasteiger partial charge in [0, 0.05) is 19.3 Å². The van der Waals surface area contributed by atoms with Gasteiger partial charge in [-0.25, -0.2) is 4.98 Å². The van der Waals surface area contributed by atoms with Crippen molar-refractivity contribution in [1.82, 2.24) is 14.9 Å². The minimum absolute atomic E-state index is 0.0449. The van der Waals surface area contributed by atoms with Crippen LogP contribution >= 0.6 is 0 Å². The summed E-state index contributed by atoms with van der Waals surface area (Å²) in [6.07, 6.45) is 4.21. The molecule has 2 heterocycles. The molecule has 0 bridgehead atoms. The summed E-state index contributed by atoms with van der Waals surface area (Å²) in [4.78, 5) is 22.0. The van der Waals surface area contributed by atoms with Gasteiger partial charge in [-0.2, -0.15) is 0 Å². The molecule has 0 unspecified atom stereocenters. The van der Waals surface area contributed by atoms with Gasteiger partial charge in [-0.15, -0.1) is 0 Å². The molecule has 3 aromatic rings. The monoisotopic (exact) mass is 361 g/mol. The number of rotatable bonds is 6. The largest absolute Gasteiger partial charge is 0.381 e. The molecule has 4 rings (SSSR count). The van der Waals surface area contributed by atoms with Crippen LogP contribution in [0.3, 0.4) is 0 Å². The van der Waals surface area contributed by atoms with Gasteiger partial charge in [0.05, 0.1) is 31.1 Å². The molecule has 1 aliphatic rings. The number of nitrogens with one attached hydrogen (secondary N) is 1. The molecular weight excluding hydrogens is 338 g/mol. The molecule has 5 nitrogen and oxygen atoms in total. The molecule has 1 fully saturated rings. The Morgan fingerprint density at radius 3 is 2.52 bits per heavy atom. The van der Waals surface area contributed by atoms with E-state index in [1.54, 1.807) is 12.5 Å². The summed E-state index contributed by atoms with van der Waals surface area (Å²) < 4.78 is 5.41. The SMILES string of the molecule is O=C([C@@H]1CCOC1)N(Cc1ccc(-c2ccccc2)cc1)Cc1cnc[nH]1. The minimum atomic E-state index is -0.0449. The Kier molecular flexibility index (Phi) is 5.30. The number of carbonyl (C=O) groups excluding carboxylic acids is 1. The van der Waals surface area contributed by atoms with E-state index in [1.807, 2.05) is 23.1 Å². The van der Waals surface area contributed by atoms with Gasteiger partial charge in [0.25, 0.3) is 0 Å². The van der Waals surface area contributed by atoms with Crippen molar-refractivity contribution in [2.75, 3.05) is 13.2 Å². The quantitative estimate of drug-likeness (QED) is 0.729. The summed E-state index contributed by atoms with van der Waals surface area (Å²) in [5.74, 6) is 0.103. The highest BCUT2D eigenvalue weighted by atomic mass is 16.5. The van der Waals surface area contributed by atoms with E-state index in [4.69, 9.17) is 4.74 Å². The number of hydrogen-bond acceptors (Lipinski definition) is 3. The summed E-state index contributed by atoms with van der Waals surface area (Å²) in [6.45, 7) is 2.28. The fourth-order valence-electron chi connectivity index (χ4n) is 3.43. The van der Waals surface area contributed by atoms with Gasteiger partial charge < -0.3 is 14.6 Å². The molecule has 1 saturated heterocycles. The molecule has 2 aromatic carbocycles. The Hall–Kier alpha value is -2.92. The lowest BCUT2D eigenvalue weighted by Gasteiger charge is -2.25. The van der Waals surface area contributed by atoms with Gasteiger partial charge in [0.1, 0.15) is 0 Å². The lowest BCUT2D eigenvalue weighted by Crippen LogP contribution is -2.35. The molecule has 138 valence electrons. The van der Waals surface area contributed by atoms with Crippen LogP contribution in [0.1, 0.15) is 17.7 Å². The number of amides is 1. The first-order valence-electron chi connectivity index (χ1n) is 9.28. The van der Waals surface area contributed by atoms with Gasteiger partial charge in [0.2, 0.25) is 5.91 Å². The van der Waals surface area contributed by atoms with E-state index >= 15 is 0 Å². The zero-order valence-electron chi connectivity index (χ0n) is 15.2. The Morgan fingerprint density at radius 1 is 1.07 bits per heavy atom. The predicted molar refractivity (Wildman–Crippen MR) is 104 cm³/mol. The third kappa shape index (κ3) is 4.26. The van der Waals surface area contributed by atoms with Crippen molar-refractivity contribution in [3.05, 3.63) is 78.4 Å². The number of imidazole rings is 1. The zero-order valence-corrected chi connectivity index (χ0v) is 15.2. The van der Waals surface area contributed by atoms with Crippen LogP contribution in [0.4, 0.5) is 0 Å². The molecule has 27 heavy (non-hydrogen) atoms. The fraction of sp³-hybridized carbons (Fsp3) is 0.273. The van der Waals surface area contributed by atoms with E-state index in [0.717, 1.165) is 17.7 Å². The Morgan fingerprint density at radius 2 is 1.85 bits per heavy atom. The highest BCUT2D eigenvalue weighted by Gasteiger charge is 2.28. The maximum atomic E-state index is 13.0. The number of hydrogen-bond donors (Lipinski definition) is 1. The summed E-state index contributed by atoms with van der Waals surface area (Å²) in [7, 11) is 0. The van der Waals surface area contributed by atoms with Crippen molar-refractivity contribution in [3.63, 3.8) is 0 Å². The Balaban J connectivity index is 1.51. The molecule has 5 heteroatoms. The van der Waals surface area contributed by atoms with Gasteiger partial charge in [-0.3, -0.25) is 4.79 Å². The predicted octanol–water partition coefficient (Wildman–Crippen LogP) is 3.64. The summed E-state index contributed by atoms with van der Waals surface area (Å²) in [5.41, 5.74) is 4.41. The van der Waals surface area contributed by atoms with E-state index in [2.05, 4.69) is 46.4 Å². The van der Waals surface area contributed by atoms with Gasteiger partial charge in [-0.1, -0.05) is 54.6 Å². The van der Waals surface area contributed by atoms with Gasteiger partial charge in [0.15, 0.2) is 0 Å². The number of ether oxygens (including phenoxy) is 1. The van der Waals surface area contributed by atoms with E-state index in [0.29, 0.717) is 26.3 Å². The number of nitrogens with zero attached hydrogens (tertiary/aromatic N) is 2. The van der Waals surface area contributed by atoms with E-state index in [9.17, 15) is 4.79 Å². The van der Waals surface area contributed by atoms with E-state index in [-0.39, 0.29) is 11.8 Å². The van der Waals surface area contributed by atoms with Crippen molar-refractivity contribution in [2.24, 2.45) is 5.92 Å². The molecule has 1 aromatic heterocycles. The second-order valence-electron chi connectivity index (χ2n) is 6.89. The van der Waals surface area contributed by atoms with Crippen molar-refractivity contribution >= 4 is 5.91 Å². The maximum Gasteiger partial charge on any atom is 0.228 e. The van der Waals surface area contributed by atoms with Crippen molar-refractivity contribution < 1.29 is 9.53 Å². The van der Waals surface area contributed by atoms with Crippen LogP contribution in [0.5, 0.6) is 0 Å². The van der Waals surface area contributed by atoms with Crippen LogP contribution in [-0.2, 0) is 22.6 Å². The van der Waals surface area contributed by atoms with Crippen LogP contribution in [0.2, 0.25) is 0 Å². The Labute approximate surface area is 159 Å². The van der Waals surface area contributed by atoms with Crippen LogP contribution in [-0.4, -0.2) is 34.0 Å². The number of aromatic amines is 1. The molecule has 1 amide bonds. The van der Waals surface area contributed by atoms with Crippen molar-refractivity contribution in [3.8, 4) is 11.1 Å². The van der Waals surface area contributed by atoms with Crippen molar-refractivity contribution in [1.29, 1.82) is 0 Å². The second-order valence-corrected chi connectivity index (χ2v) is 6.89. The maximum absolute atomic E-state index is 13.0. The highest BCUT2D eigenvalue weighted by Crippen LogP contribution is 2.22. The lowest BCUT2D eigenvalue weighted by atomic mass is 10.0. The highest BCUT2D eigenvalue weighted by molar-refractivity contribution is 5.79. The standard InChI is InChI=1S/C22H23N3O2/c26-22(20-10-11-27-15-20)25(14-21-12-23-16-24-21)13-17-6-8-19(9-7-17)18-4-2-1-3-5-18/h1-9,12,16,20H,10-11,13-15H2,(H,23,24)/t20-/m1/s1. The van der Waals surface area contributed by atoms with Crippen molar-refractivity contribution in [2.45, 2.75) is 19.5 Å². The summed E-state index contributed by atoms with van der Waals surface area (Å²) in [6, 6.07) is 18.7. The molecule has 1 N–H and O–H groups in total.